The summed E-state index contributed by atoms with van der Waals surface area (Å²) in [7, 11) is 3.15. The van der Waals surface area contributed by atoms with E-state index >= 15 is 0 Å². The molecule has 92 valence electrons. The molecule has 4 heteroatoms. The zero-order chi connectivity index (χ0) is 12.8. The molecule has 0 bridgehead atoms. The first kappa shape index (κ1) is 13.1. The van der Waals surface area contributed by atoms with Crippen LogP contribution in [0, 0.1) is 0 Å². The Kier molecular flexibility index (Phi) is 4.57. The van der Waals surface area contributed by atoms with Crippen molar-refractivity contribution in [2.75, 3.05) is 14.2 Å². The Morgan fingerprint density at radius 3 is 2.18 bits per heavy atom. The van der Waals surface area contributed by atoms with Crippen molar-refractivity contribution in [3.63, 3.8) is 0 Å². The van der Waals surface area contributed by atoms with Gasteiger partial charge in [0.15, 0.2) is 5.78 Å². The van der Waals surface area contributed by atoms with Gasteiger partial charge in [0.1, 0.15) is 11.5 Å². The van der Waals surface area contributed by atoms with Crippen molar-refractivity contribution < 1.29 is 14.3 Å². The highest BCUT2D eigenvalue weighted by atomic mass is 16.5. The average molecular weight is 235 g/mol. The molecule has 0 heterocycles. The lowest BCUT2D eigenvalue weighted by Crippen LogP contribution is -2.03. The van der Waals surface area contributed by atoms with Gasteiger partial charge in [-0.25, -0.2) is 0 Å². The average Bonchev–Trinajstić information content (AvgIpc) is 2.27. The van der Waals surface area contributed by atoms with E-state index < -0.39 is 0 Å². The molecule has 0 aliphatic rings. The molecule has 0 spiro atoms. The zero-order valence-electron chi connectivity index (χ0n) is 10.3. The fourth-order valence-corrected chi connectivity index (χ4v) is 1.47. The fraction of sp³-hybridized carbons (Fsp3) is 0.308. The van der Waals surface area contributed by atoms with Crippen molar-refractivity contribution in [1.29, 1.82) is 0 Å². The van der Waals surface area contributed by atoms with Crippen LogP contribution in [0.15, 0.2) is 30.0 Å². The number of allylic oxidation sites excluding steroid dienone is 2. The van der Waals surface area contributed by atoms with E-state index in [4.69, 9.17) is 15.2 Å². The number of ketones is 1. The number of hydrogen-bond acceptors (Lipinski definition) is 4. The molecule has 1 rings (SSSR count). The molecule has 4 nitrogen and oxygen atoms in total. The lowest BCUT2D eigenvalue weighted by molar-refractivity contribution is -0.114. The van der Waals surface area contributed by atoms with Gasteiger partial charge < -0.3 is 15.2 Å². The van der Waals surface area contributed by atoms with Crippen LogP contribution < -0.4 is 15.2 Å². The molecule has 0 aromatic heterocycles. The molecule has 17 heavy (non-hydrogen) atoms. The lowest BCUT2D eigenvalue weighted by atomic mass is 10.1. The Morgan fingerprint density at radius 1 is 1.24 bits per heavy atom. The minimum atomic E-state index is -0.0414. The Morgan fingerprint density at radius 2 is 1.76 bits per heavy atom. The SMILES string of the molecule is COc1cc(CC(=O)/C=C(/C)N)cc(OC)c1. The summed E-state index contributed by atoms with van der Waals surface area (Å²) in [5.74, 6) is 1.29. The van der Waals surface area contributed by atoms with Gasteiger partial charge in [-0.2, -0.15) is 0 Å². The molecular weight excluding hydrogens is 218 g/mol. The van der Waals surface area contributed by atoms with E-state index in [2.05, 4.69) is 0 Å². The first-order valence-corrected chi connectivity index (χ1v) is 5.23. The predicted molar refractivity (Wildman–Crippen MR) is 66.2 cm³/mol. The number of nitrogens with two attached hydrogens (primary N) is 1. The molecule has 1 aromatic rings. The van der Waals surface area contributed by atoms with Gasteiger partial charge in [-0.15, -0.1) is 0 Å². The second-order valence-electron chi connectivity index (χ2n) is 3.75. The van der Waals surface area contributed by atoms with Crippen LogP contribution in [0.25, 0.3) is 0 Å². The summed E-state index contributed by atoms with van der Waals surface area (Å²) in [6.07, 6.45) is 1.70. The van der Waals surface area contributed by atoms with Crippen LogP contribution in [0.3, 0.4) is 0 Å². The molecule has 2 N–H and O–H groups in total. The van der Waals surface area contributed by atoms with E-state index in [1.165, 1.54) is 6.08 Å². The molecule has 0 saturated carbocycles. The Balaban J connectivity index is 2.90. The summed E-state index contributed by atoms with van der Waals surface area (Å²) in [5, 5.41) is 0. The summed E-state index contributed by atoms with van der Waals surface area (Å²) in [5.41, 5.74) is 6.79. The molecule has 0 radical (unpaired) electrons. The Hall–Kier alpha value is -1.97. The minimum Gasteiger partial charge on any atom is -0.497 e. The van der Waals surface area contributed by atoms with Gasteiger partial charge in [0, 0.05) is 18.2 Å². The van der Waals surface area contributed by atoms with Crippen molar-refractivity contribution in [2.24, 2.45) is 5.73 Å². The third-order valence-electron chi connectivity index (χ3n) is 2.18. The van der Waals surface area contributed by atoms with Crippen molar-refractivity contribution in [3.8, 4) is 11.5 Å². The Bertz CT molecular complexity index is 412. The first-order chi connectivity index (χ1) is 8.05. The smallest absolute Gasteiger partial charge is 0.161 e. The monoisotopic (exact) mass is 235 g/mol. The number of hydrogen-bond donors (Lipinski definition) is 1. The number of carbonyl (C=O) groups excluding carboxylic acids is 1. The quantitative estimate of drug-likeness (QED) is 0.789. The lowest BCUT2D eigenvalue weighted by Gasteiger charge is -2.07. The van der Waals surface area contributed by atoms with E-state index in [9.17, 15) is 4.79 Å². The summed E-state index contributed by atoms with van der Waals surface area (Å²) in [6, 6.07) is 5.37. The predicted octanol–water partition coefficient (Wildman–Crippen LogP) is 1.68. The van der Waals surface area contributed by atoms with Crippen LogP contribution in [-0.2, 0) is 11.2 Å². The van der Waals surface area contributed by atoms with Gasteiger partial charge >= 0.3 is 0 Å². The summed E-state index contributed by atoms with van der Waals surface area (Å²) in [6.45, 7) is 1.68. The van der Waals surface area contributed by atoms with Crippen molar-refractivity contribution in [3.05, 3.63) is 35.5 Å². The number of rotatable bonds is 5. The topological polar surface area (TPSA) is 61.5 Å². The van der Waals surface area contributed by atoms with Crippen LogP contribution in [0.5, 0.6) is 11.5 Å². The third-order valence-corrected chi connectivity index (χ3v) is 2.18. The van der Waals surface area contributed by atoms with Crippen molar-refractivity contribution >= 4 is 5.78 Å². The van der Waals surface area contributed by atoms with Crippen LogP contribution in [0.4, 0.5) is 0 Å². The maximum absolute atomic E-state index is 11.6. The molecule has 0 fully saturated rings. The first-order valence-electron chi connectivity index (χ1n) is 5.23. The number of methoxy groups -OCH3 is 2. The van der Waals surface area contributed by atoms with E-state index in [0.717, 1.165) is 5.56 Å². The second-order valence-corrected chi connectivity index (χ2v) is 3.75. The van der Waals surface area contributed by atoms with Gasteiger partial charge in [-0.3, -0.25) is 4.79 Å². The van der Waals surface area contributed by atoms with Crippen LogP contribution in [0.2, 0.25) is 0 Å². The summed E-state index contributed by atoms with van der Waals surface area (Å²) < 4.78 is 10.3. The highest BCUT2D eigenvalue weighted by Gasteiger charge is 2.05. The molecular formula is C13H17NO3. The molecule has 0 atom stereocenters. The molecule has 1 aromatic carbocycles. The van der Waals surface area contributed by atoms with E-state index in [-0.39, 0.29) is 12.2 Å². The molecule has 0 amide bonds. The van der Waals surface area contributed by atoms with Gasteiger partial charge in [-0.1, -0.05) is 0 Å². The minimum absolute atomic E-state index is 0.0414. The van der Waals surface area contributed by atoms with Gasteiger partial charge in [0.25, 0.3) is 0 Å². The standard InChI is InChI=1S/C13H17NO3/c1-9(14)4-11(15)5-10-6-12(16-2)8-13(7-10)17-3/h4,6-8H,5,14H2,1-3H3/b9-4-. The van der Waals surface area contributed by atoms with E-state index in [1.54, 1.807) is 39.3 Å². The maximum atomic E-state index is 11.6. The van der Waals surface area contributed by atoms with E-state index in [1.807, 2.05) is 0 Å². The highest BCUT2D eigenvalue weighted by Crippen LogP contribution is 2.22. The van der Waals surface area contributed by atoms with Gasteiger partial charge in [0.2, 0.25) is 0 Å². The molecule has 0 aliphatic heterocycles. The largest absolute Gasteiger partial charge is 0.497 e. The van der Waals surface area contributed by atoms with Crippen LogP contribution in [0.1, 0.15) is 12.5 Å². The number of benzene rings is 1. The molecule has 0 unspecified atom stereocenters. The summed E-state index contributed by atoms with van der Waals surface area (Å²) in [4.78, 5) is 11.6. The zero-order valence-corrected chi connectivity index (χ0v) is 10.3. The third kappa shape index (κ3) is 4.18. The molecule has 0 aliphatic carbocycles. The van der Waals surface area contributed by atoms with Crippen molar-refractivity contribution in [2.45, 2.75) is 13.3 Å². The number of carbonyl (C=O) groups is 1. The molecule has 0 saturated heterocycles. The van der Waals surface area contributed by atoms with Crippen molar-refractivity contribution in [1.82, 2.24) is 0 Å². The highest BCUT2D eigenvalue weighted by molar-refractivity contribution is 5.91. The number of ether oxygens (including phenoxy) is 2. The van der Waals surface area contributed by atoms with Crippen LogP contribution in [-0.4, -0.2) is 20.0 Å². The van der Waals surface area contributed by atoms with Gasteiger partial charge in [-0.05, 0) is 30.7 Å². The Labute approximate surface area is 101 Å². The second kappa shape index (κ2) is 5.94. The van der Waals surface area contributed by atoms with Gasteiger partial charge in [0.05, 0.1) is 14.2 Å². The van der Waals surface area contributed by atoms with E-state index in [0.29, 0.717) is 17.2 Å². The maximum Gasteiger partial charge on any atom is 0.161 e. The normalized spacial score (nSPS) is 11.1. The summed E-state index contributed by atoms with van der Waals surface area (Å²) >= 11 is 0. The fourth-order valence-electron chi connectivity index (χ4n) is 1.47. The van der Waals surface area contributed by atoms with Crippen LogP contribution >= 0.6 is 0 Å².